The van der Waals surface area contributed by atoms with E-state index < -0.39 is 0 Å². The molecule has 1 atom stereocenters. The van der Waals surface area contributed by atoms with Crippen molar-refractivity contribution in [1.29, 1.82) is 0 Å². The zero-order valence-corrected chi connectivity index (χ0v) is 17.1. The van der Waals surface area contributed by atoms with E-state index >= 15 is 0 Å². The summed E-state index contributed by atoms with van der Waals surface area (Å²) in [7, 11) is 0. The summed E-state index contributed by atoms with van der Waals surface area (Å²) in [6.07, 6.45) is 1.47. The van der Waals surface area contributed by atoms with Crippen molar-refractivity contribution in [3.63, 3.8) is 0 Å². The Bertz CT molecular complexity index is 870. The minimum absolute atomic E-state index is 0.0401. The highest BCUT2D eigenvalue weighted by atomic mass is 35.5. The number of nitrogens with one attached hydrogen (secondary N) is 2. The van der Waals surface area contributed by atoms with Crippen molar-refractivity contribution in [3.8, 4) is 0 Å². The van der Waals surface area contributed by atoms with Gasteiger partial charge in [-0.05, 0) is 48.9 Å². The summed E-state index contributed by atoms with van der Waals surface area (Å²) < 4.78 is 0. The third-order valence-corrected chi connectivity index (χ3v) is 6.04. The number of halogens is 1. The highest BCUT2D eigenvalue weighted by molar-refractivity contribution is 7.12. The fourth-order valence-electron chi connectivity index (χ4n) is 3.18. The van der Waals surface area contributed by atoms with Crippen molar-refractivity contribution in [1.82, 2.24) is 10.2 Å². The van der Waals surface area contributed by atoms with Gasteiger partial charge in [0.1, 0.15) is 0 Å². The molecule has 3 amide bonds. The number of rotatable bonds is 5. The molecule has 0 radical (unpaired) electrons. The number of thiophene rings is 1. The maximum absolute atomic E-state index is 12.5. The number of benzene rings is 1. The van der Waals surface area contributed by atoms with Gasteiger partial charge in [0.2, 0.25) is 11.8 Å². The Morgan fingerprint density at radius 1 is 1.25 bits per heavy atom. The third-order valence-electron chi connectivity index (χ3n) is 4.78. The lowest BCUT2D eigenvalue weighted by molar-refractivity contribution is -0.128. The van der Waals surface area contributed by atoms with Crippen LogP contribution in [-0.4, -0.2) is 42.3 Å². The average molecular weight is 420 g/mol. The number of likely N-dealkylation sites (tertiary alicyclic amines) is 1. The molecule has 2 aromatic rings. The molecule has 0 bridgehead atoms. The summed E-state index contributed by atoms with van der Waals surface area (Å²) in [5.41, 5.74) is 1.40. The Morgan fingerprint density at radius 2 is 2.07 bits per heavy atom. The van der Waals surface area contributed by atoms with Crippen molar-refractivity contribution in [3.05, 3.63) is 51.2 Å². The molecule has 1 aromatic carbocycles. The first-order valence-electron chi connectivity index (χ1n) is 9.11. The molecule has 1 aliphatic heterocycles. The maximum Gasteiger partial charge on any atom is 0.263 e. The van der Waals surface area contributed by atoms with Gasteiger partial charge in [0.15, 0.2) is 0 Å². The molecular formula is C20H22ClN3O3S. The molecule has 1 saturated heterocycles. The molecular weight excluding hydrogens is 398 g/mol. The van der Waals surface area contributed by atoms with E-state index in [0.717, 1.165) is 12.0 Å². The van der Waals surface area contributed by atoms with Crippen LogP contribution in [0.2, 0.25) is 5.02 Å². The fourth-order valence-corrected chi connectivity index (χ4v) is 4.05. The zero-order chi connectivity index (χ0) is 20.1. The number of amides is 3. The van der Waals surface area contributed by atoms with E-state index in [1.807, 2.05) is 18.4 Å². The normalized spacial score (nSPS) is 16.5. The molecule has 2 heterocycles. The fraction of sp³-hybridized carbons (Fsp3) is 0.350. The molecule has 28 heavy (non-hydrogen) atoms. The lowest BCUT2D eigenvalue weighted by Crippen LogP contribution is -2.46. The number of piperidine rings is 1. The van der Waals surface area contributed by atoms with Crippen molar-refractivity contribution in [2.24, 2.45) is 5.92 Å². The predicted octanol–water partition coefficient (Wildman–Crippen LogP) is 3.32. The van der Waals surface area contributed by atoms with Crippen molar-refractivity contribution < 1.29 is 14.4 Å². The van der Waals surface area contributed by atoms with Gasteiger partial charge >= 0.3 is 0 Å². The largest absolute Gasteiger partial charge is 0.347 e. The van der Waals surface area contributed by atoms with Crippen LogP contribution in [-0.2, 0) is 9.59 Å². The SMILES string of the molecule is Cc1c(Cl)cccc1NC(=O)CNC(=O)C1CCCN(C(=O)c2cccs2)C1. The summed E-state index contributed by atoms with van der Waals surface area (Å²) in [5.74, 6) is -0.872. The molecule has 8 heteroatoms. The van der Waals surface area contributed by atoms with E-state index in [9.17, 15) is 14.4 Å². The second-order valence-corrected chi connectivity index (χ2v) is 8.10. The van der Waals surface area contributed by atoms with Gasteiger partial charge in [0.25, 0.3) is 5.91 Å². The highest BCUT2D eigenvalue weighted by Gasteiger charge is 2.29. The van der Waals surface area contributed by atoms with Gasteiger partial charge in [-0.25, -0.2) is 0 Å². The number of hydrogen-bond donors (Lipinski definition) is 2. The quantitative estimate of drug-likeness (QED) is 0.780. The van der Waals surface area contributed by atoms with Crippen molar-refractivity contribution in [2.45, 2.75) is 19.8 Å². The van der Waals surface area contributed by atoms with Crippen LogP contribution in [0.1, 0.15) is 28.1 Å². The van der Waals surface area contributed by atoms with Crippen LogP contribution in [0.4, 0.5) is 5.69 Å². The first-order chi connectivity index (χ1) is 13.5. The molecule has 148 valence electrons. The molecule has 0 spiro atoms. The van der Waals surface area contributed by atoms with Crippen LogP contribution in [0.25, 0.3) is 0 Å². The van der Waals surface area contributed by atoms with Gasteiger partial charge in [-0.1, -0.05) is 23.7 Å². The molecule has 1 aromatic heterocycles. The highest BCUT2D eigenvalue weighted by Crippen LogP contribution is 2.23. The van der Waals surface area contributed by atoms with E-state index in [1.165, 1.54) is 11.3 Å². The van der Waals surface area contributed by atoms with E-state index in [1.54, 1.807) is 29.2 Å². The lowest BCUT2D eigenvalue weighted by atomic mass is 9.97. The van der Waals surface area contributed by atoms with Gasteiger partial charge in [0.05, 0.1) is 17.3 Å². The molecule has 3 rings (SSSR count). The van der Waals surface area contributed by atoms with E-state index in [-0.39, 0.29) is 30.2 Å². The van der Waals surface area contributed by atoms with E-state index in [4.69, 9.17) is 11.6 Å². The Labute approximate surface area is 172 Å². The van der Waals surface area contributed by atoms with Crippen LogP contribution >= 0.6 is 22.9 Å². The van der Waals surface area contributed by atoms with E-state index in [0.29, 0.717) is 35.1 Å². The zero-order valence-electron chi connectivity index (χ0n) is 15.5. The summed E-state index contributed by atoms with van der Waals surface area (Å²) in [6.45, 7) is 2.71. The van der Waals surface area contributed by atoms with Gasteiger partial charge in [-0.3, -0.25) is 14.4 Å². The summed E-state index contributed by atoms with van der Waals surface area (Å²) in [6, 6.07) is 8.90. The van der Waals surface area contributed by atoms with Gasteiger partial charge in [-0.15, -0.1) is 11.3 Å². The van der Waals surface area contributed by atoms with Crippen LogP contribution in [0.5, 0.6) is 0 Å². The Kier molecular flexibility index (Phi) is 6.70. The maximum atomic E-state index is 12.5. The van der Waals surface area contributed by atoms with E-state index in [2.05, 4.69) is 10.6 Å². The van der Waals surface area contributed by atoms with Crippen molar-refractivity contribution >= 4 is 46.3 Å². The summed E-state index contributed by atoms with van der Waals surface area (Å²) in [5, 5.41) is 7.87. The minimum atomic E-state index is -0.318. The average Bonchev–Trinajstić information content (AvgIpc) is 3.24. The monoisotopic (exact) mass is 419 g/mol. The van der Waals surface area contributed by atoms with Crippen LogP contribution in [0, 0.1) is 12.8 Å². The second-order valence-electron chi connectivity index (χ2n) is 6.75. The first-order valence-corrected chi connectivity index (χ1v) is 10.4. The molecule has 2 N–H and O–H groups in total. The van der Waals surface area contributed by atoms with Crippen LogP contribution < -0.4 is 10.6 Å². The third kappa shape index (κ3) is 4.91. The predicted molar refractivity (Wildman–Crippen MR) is 111 cm³/mol. The topological polar surface area (TPSA) is 78.5 Å². The van der Waals surface area contributed by atoms with Gasteiger partial charge in [-0.2, -0.15) is 0 Å². The molecule has 1 aliphatic rings. The van der Waals surface area contributed by atoms with Gasteiger partial charge in [0, 0.05) is 23.8 Å². The number of hydrogen-bond acceptors (Lipinski definition) is 4. The van der Waals surface area contributed by atoms with Crippen molar-refractivity contribution in [2.75, 3.05) is 25.0 Å². The number of nitrogens with zero attached hydrogens (tertiary/aromatic N) is 1. The van der Waals surface area contributed by atoms with Gasteiger partial charge < -0.3 is 15.5 Å². The number of carbonyl (C=O) groups is 3. The molecule has 0 aliphatic carbocycles. The molecule has 1 unspecified atom stereocenters. The number of anilines is 1. The Hall–Kier alpha value is -2.38. The molecule has 6 nitrogen and oxygen atoms in total. The second kappa shape index (κ2) is 9.21. The van der Waals surface area contributed by atoms with Crippen LogP contribution in [0.15, 0.2) is 35.7 Å². The summed E-state index contributed by atoms with van der Waals surface area (Å²) >= 11 is 7.45. The van der Waals surface area contributed by atoms with Crippen LogP contribution in [0.3, 0.4) is 0 Å². The Morgan fingerprint density at radius 3 is 2.82 bits per heavy atom. The lowest BCUT2D eigenvalue weighted by Gasteiger charge is -2.31. The smallest absolute Gasteiger partial charge is 0.263 e. The minimum Gasteiger partial charge on any atom is -0.347 e. The first kappa shape index (κ1) is 20.4. The standard InChI is InChI=1S/C20H22ClN3O3S/c1-13-15(21)6-2-7-16(13)23-18(25)11-22-19(26)14-5-3-9-24(12-14)20(27)17-8-4-10-28-17/h2,4,6-8,10,14H,3,5,9,11-12H2,1H3,(H,22,26)(H,23,25). The molecule has 0 saturated carbocycles. The number of carbonyl (C=O) groups excluding carboxylic acids is 3. The summed E-state index contributed by atoms with van der Waals surface area (Å²) in [4.78, 5) is 39.5. The Balaban J connectivity index is 1.50. The molecule has 1 fully saturated rings.